The van der Waals surface area contributed by atoms with Gasteiger partial charge >= 0.3 is 12.2 Å². The fraction of sp³-hybridized carbons (Fsp3) is 0.0909. The van der Waals surface area contributed by atoms with Gasteiger partial charge in [0.05, 0.1) is 22.5 Å². The largest absolute Gasteiger partial charge is 0.416 e. The number of carbonyl (C=O) groups is 1. The highest BCUT2D eigenvalue weighted by molar-refractivity contribution is 6.01. The molecular formula is C22H18F4N4O. The van der Waals surface area contributed by atoms with E-state index in [1.807, 2.05) is 29.0 Å². The number of allylic oxidation sites excluding steroid dienone is 3. The zero-order valence-electron chi connectivity index (χ0n) is 16.2. The second kappa shape index (κ2) is 9.29. The summed E-state index contributed by atoms with van der Waals surface area (Å²) >= 11 is 0. The van der Waals surface area contributed by atoms with Crippen molar-refractivity contribution in [2.24, 2.45) is 0 Å². The lowest BCUT2D eigenvalue weighted by molar-refractivity contribution is -0.0882. The van der Waals surface area contributed by atoms with E-state index in [0.717, 1.165) is 16.5 Å². The van der Waals surface area contributed by atoms with Gasteiger partial charge in [0.25, 0.3) is 0 Å². The summed E-state index contributed by atoms with van der Waals surface area (Å²) in [4.78, 5) is 16.2. The first-order chi connectivity index (χ1) is 14.8. The molecule has 9 heteroatoms. The molecular weight excluding hydrogens is 412 g/mol. The lowest BCUT2D eigenvalue weighted by Crippen LogP contribution is -2.28. The Kier molecular flexibility index (Phi) is 6.54. The van der Waals surface area contributed by atoms with Crippen LogP contribution in [0.15, 0.2) is 91.3 Å². The summed E-state index contributed by atoms with van der Waals surface area (Å²) in [6.07, 6.45) is 1.38. The molecule has 0 saturated carbocycles. The molecule has 31 heavy (non-hydrogen) atoms. The smallest absolute Gasteiger partial charge is 0.343 e. The Morgan fingerprint density at radius 2 is 1.90 bits per heavy atom. The fourth-order valence-corrected chi connectivity index (χ4v) is 2.96. The molecule has 0 unspecified atom stereocenters. The van der Waals surface area contributed by atoms with Gasteiger partial charge in [-0.3, -0.25) is 4.98 Å². The van der Waals surface area contributed by atoms with Crippen LogP contribution in [0, 0.1) is 0 Å². The molecule has 0 aliphatic rings. The third-order valence-electron chi connectivity index (χ3n) is 4.40. The van der Waals surface area contributed by atoms with Crippen molar-refractivity contribution < 1.29 is 22.4 Å². The van der Waals surface area contributed by atoms with Crippen LogP contribution in [-0.2, 0) is 6.54 Å². The number of carbonyl (C=O) groups excluding carboxylic acids is 1. The molecule has 0 atom stereocenters. The maximum absolute atomic E-state index is 13.0. The number of amides is 2. The number of nitrogens with one attached hydrogen (secondary N) is 2. The number of benzene rings is 1. The third-order valence-corrected chi connectivity index (χ3v) is 4.40. The SMILES string of the molecule is C=C/C(=C\C(=C\F)NC(=O)Nc1cccc2c1ccn2Cc1ccncc1)C(F)(F)F. The summed E-state index contributed by atoms with van der Waals surface area (Å²) in [5.41, 5.74) is 0.446. The van der Waals surface area contributed by atoms with E-state index in [0.29, 0.717) is 24.4 Å². The highest BCUT2D eigenvalue weighted by Crippen LogP contribution is 2.27. The Hall–Kier alpha value is -3.88. The number of urea groups is 1. The van der Waals surface area contributed by atoms with Crippen molar-refractivity contribution in [3.8, 4) is 0 Å². The molecule has 0 bridgehead atoms. The van der Waals surface area contributed by atoms with Crippen LogP contribution in [0.25, 0.3) is 10.9 Å². The zero-order valence-corrected chi connectivity index (χ0v) is 16.2. The van der Waals surface area contributed by atoms with Gasteiger partial charge in [-0.25, -0.2) is 9.18 Å². The number of fused-ring (bicyclic) bond motifs is 1. The first-order valence-corrected chi connectivity index (χ1v) is 9.08. The topological polar surface area (TPSA) is 59.0 Å². The molecule has 2 amide bonds. The monoisotopic (exact) mass is 430 g/mol. The number of nitrogens with zero attached hydrogens (tertiary/aromatic N) is 2. The minimum Gasteiger partial charge on any atom is -0.343 e. The predicted octanol–water partition coefficient (Wildman–Crippen LogP) is 5.69. The molecule has 0 saturated heterocycles. The summed E-state index contributed by atoms with van der Waals surface area (Å²) in [7, 11) is 0. The van der Waals surface area contributed by atoms with Gasteiger partial charge in [-0.15, -0.1) is 0 Å². The number of hydrogen-bond donors (Lipinski definition) is 2. The maximum atomic E-state index is 13.0. The average molecular weight is 430 g/mol. The third kappa shape index (κ3) is 5.39. The molecule has 2 heterocycles. The van der Waals surface area contributed by atoms with E-state index >= 15 is 0 Å². The molecule has 160 valence electrons. The van der Waals surface area contributed by atoms with Crippen molar-refractivity contribution in [2.75, 3.05) is 5.32 Å². The molecule has 5 nitrogen and oxygen atoms in total. The van der Waals surface area contributed by atoms with E-state index in [-0.39, 0.29) is 6.33 Å². The van der Waals surface area contributed by atoms with Crippen LogP contribution in [-0.4, -0.2) is 21.8 Å². The van der Waals surface area contributed by atoms with Gasteiger partial charge in [-0.1, -0.05) is 18.7 Å². The highest BCUT2D eigenvalue weighted by Gasteiger charge is 2.31. The van der Waals surface area contributed by atoms with Gasteiger partial charge in [0.1, 0.15) is 6.33 Å². The van der Waals surface area contributed by atoms with Crippen molar-refractivity contribution in [3.05, 3.63) is 96.9 Å². The van der Waals surface area contributed by atoms with Crippen molar-refractivity contribution >= 4 is 22.6 Å². The quantitative estimate of drug-likeness (QED) is 0.390. The van der Waals surface area contributed by atoms with Gasteiger partial charge in [-0.05, 0) is 42.0 Å². The van der Waals surface area contributed by atoms with Crippen LogP contribution in [0.4, 0.5) is 28.0 Å². The summed E-state index contributed by atoms with van der Waals surface area (Å²) in [5, 5.41) is 5.32. The predicted molar refractivity (Wildman–Crippen MR) is 111 cm³/mol. The Balaban J connectivity index is 1.78. The highest BCUT2D eigenvalue weighted by atomic mass is 19.4. The molecule has 0 aliphatic heterocycles. The van der Waals surface area contributed by atoms with Crippen molar-refractivity contribution in [1.29, 1.82) is 0 Å². The van der Waals surface area contributed by atoms with Crippen LogP contribution in [0.5, 0.6) is 0 Å². The molecule has 2 N–H and O–H groups in total. The summed E-state index contributed by atoms with van der Waals surface area (Å²) in [6, 6.07) is 9.92. The van der Waals surface area contributed by atoms with Crippen molar-refractivity contribution in [2.45, 2.75) is 12.7 Å². The van der Waals surface area contributed by atoms with Crippen molar-refractivity contribution in [1.82, 2.24) is 14.9 Å². The lowest BCUT2D eigenvalue weighted by atomic mass is 10.2. The molecule has 0 radical (unpaired) electrons. The summed E-state index contributed by atoms with van der Waals surface area (Å²) in [5.74, 6) is 0. The van der Waals surface area contributed by atoms with Gasteiger partial charge in [0.2, 0.25) is 0 Å². The van der Waals surface area contributed by atoms with Gasteiger partial charge < -0.3 is 15.2 Å². The van der Waals surface area contributed by atoms with Crippen LogP contribution in [0.3, 0.4) is 0 Å². The van der Waals surface area contributed by atoms with E-state index in [2.05, 4.69) is 22.2 Å². The van der Waals surface area contributed by atoms with Crippen LogP contribution < -0.4 is 10.6 Å². The lowest BCUT2D eigenvalue weighted by Gasteiger charge is -2.12. The molecule has 0 fully saturated rings. The number of halogens is 4. The van der Waals surface area contributed by atoms with E-state index in [4.69, 9.17) is 0 Å². The number of aromatic nitrogens is 2. The molecule has 3 rings (SSSR count). The standard InChI is InChI=1S/C22H18F4N4O/c1-2-16(22(24,25)26)12-17(13-23)28-21(31)29-19-4-3-5-20-18(19)8-11-30(20)14-15-6-9-27-10-7-15/h2-13H,1,14H2,(H2,28,29,31)/b16-12+,17-13-. The van der Waals surface area contributed by atoms with E-state index < -0.39 is 23.5 Å². The van der Waals surface area contributed by atoms with Gasteiger partial charge in [0.15, 0.2) is 0 Å². The molecule has 2 aromatic heterocycles. The van der Waals surface area contributed by atoms with Gasteiger partial charge in [-0.2, -0.15) is 13.2 Å². The zero-order chi connectivity index (χ0) is 22.4. The van der Waals surface area contributed by atoms with Crippen LogP contribution in [0.1, 0.15) is 5.56 Å². The number of hydrogen-bond acceptors (Lipinski definition) is 2. The molecule has 0 aliphatic carbocycles. The molecule has 0 spiro atoms. The van der Waals surface area contributed by atoms with Crippen LogP contribution in [0.2, 0.25) is 0 Å². The maximum Gasteiger partial charge on any atom is 0.416 e. The van der Waals surface area contributed by atoms with Gasteiger partial charge in [0, 0.05) is 30.5 Å². The summed E-state index contributed by atoms with van der Waals surface area (Å²) in [6.45, 7) is 3.64. The number of rotatable bonds is 6. The Morgan fingerprint density at radius 3 is 2.55 bits per heavy atom. The van der Waals surface area contributed by atoms with E-state index in [1.165, 1.54) is 0 Å². The second-order valence-electron chi connectivity index (χ2n) is 6.48. The molecule has 3 aromatic rings. The number of alkyl halides is 3. The minimum absolute atomic E-state index is 0.124. The van der Waals surface area contributed by atoms with Crippen molar-refractivity contribution in [3.63, 3.8) is 0 Å². The first-order valence-electron chi connectivity index (χ1n) is 9.08. The van der Waals surface area contributed by atoms with Crippen LogP contribution >= 0.6 is 0 Å². The first kappa shape index (κ1) is 21.8. The average Bonchev–Trinajstić information content (AvgIpc) is 3.14. The minimum atomic E-state index is -4.72. The number of anilines is 1. The Labute approximate surface area is 175 Å². The Bertz CT molecular complexity index is 1150. The molecule has 1 aromatic carbocycles. The normalized spacial score (nSPS) is 12.6. The fourth-order valence-electron chi connectivity index (χ4n) is 2.96. The number of pyridine rings is 1. The van der Waals surface area contributed by atoms with E-state index in [1.54, 1.807) is 30.6 Å². The second-order valence-corrected chi connectivity index (χ2v) is 6.48. The summed E-state index contributed by atoms with van der Waals surface area (Å²) < 4.78 is 53.5. The van der Waals surface area contributed by atoms with E-state index in [9.17, 15) is 22.4 Å². The Morgan fingerprint density at radius 1 is 1.16 bits per heavy atom.